The number of hydrogen-bond donors (Lipinski definition) is 2. The van der Waals surface area contributed by atoms with Crippen molar-refractivity contribution in [1.29, 1.82) is 0 Å². The lowest BCUT2D eigenvalue weighted by Crippen LogP contribution is -2.45. The lowest BCUT2D eigenvalue weighted by Gasteiger charge is -2.29. The van der Waals surface area contributed by atoms with E-state index in [1.54, 1.807) is 0 Å². The molecule has 1 aliphatic carbocycles. The van der Waals surface area contributed by atoms with Crippen LogP contribution in [0.5, 0.6) is 0 Å². The van der Waals surface area contributed by atoms with E-state index in [4.69, 9.17) is 0 Å². The third kappa shape index (κ3) is 6.42. The van der Waals surface area contributed by atoms with Crippen molar-refractivity contribution in [3.63, 3.8) is 0 Å². The lowest BCUT2D eigenvalue weighted by atomic mass is 9.80. The van der Waals surface area contributed by atoms with Crippen molar-refractivity contribution >= 4 is 5.91 Å². The Bertz CT molecular complexity index is 265. The van der Waals surface area contributed by atoms with Crippen LogP contribution in [0.4, 0.5) is 0 Å². The van der Waals surface area contributed by atoms with Crippen LogP contribution >= 0.6 is 0 Å². The number of carbonyl (C=O) groups excluding carboxylic acids is 1. The Morgan fingerprint density at radius 2 is 1.89 bits per heavy atom. The lowest BCUT2D eigenvalue weighted by molar-refractivity contribution is -0.122. The highest BCUT2D eigenvalue weighted by Gasteiger charge is 2.22. The maximum Gasteiger partial charge on any atom is 0.236 e. The van der Waals surface area contributed by atoms with Gasteiger partial charge in [0, 0.05) is 6.54 Å². The first-order valence-electron chi connectivity index (χ1n) is 8.01. The molecule has 0 heterocycles. The topological polar surface area (TPSA) is 41.1 Å². The SMILES string of the molecule is CC(C)CCNC(=O)C(C)NCC1CCCCC1C. The van der Waals surface area contributed by atoms with Crippen molar-refractivity contribution in [3.8, 4) is 0 Å². The minimum atomic E-state index is -0.0683. The molecule has 1 fully saturated rings. The fraction of sp³-hybridized carbons (Fsp3) is 0.938. The average molecular weight is 268 g/mol. The zero-order chi connectivity index (χ0) is 14.3. The summed E-state index contributed by atoms with van der Waals surface area (Å²) in [5, 5.41) is 6.42. The Labute approximate surface area is 118 Å². The highest BCUT2D eigenvalue weighted by atomic mass is 16.2. The van der Waals surface area contributed by atoms with Crippen LogP contribution in [0.3, 0.4) is 0 Å². The molecule has 1 saturated carbocycles. The highest BCUT2D eigenvalue weighted by Crippen LogP contribution is 2.28. The second-order valence-corrected chi connectivity index (χ2v) is 6.63. The summed E-state index contributed by atoms with van der Waals surface area (Å²) in [5.41, 5.74) is 0. The molecule has 0 aromatic rings. The summed E-state index contributed by atoms with van der Waals surface area (Å²) in [4.78, 5) is 11.9. The van der Waals surface area contributed by atoms with Gasteiger partial charge >= 0.3 is 0 Å². The number of hydrogen-bond acceptors (Lipinski definition) is 2. The van der Waals surface area contributed by atoms with Crippen LogP contribution < -0.4 is 10.6 Å². The molecular formula is C16H32N2O. The van der Waals surface area contributed by atoms with E-state index in [0.29, 0.717) is 5.92 Å². The summed E-state index contributed by atoms with van der Waals surface area (Å²) in [7, 11) is 0. The monoisotopic (exact) mass is 268 g/mol. The second kappa shape index (κ2) is 8.57. The summed E-state index contributed by atoms with van der Waals surface area (Å²) in [6, 6.07) is -0.0683. The molecule has 1 aliphatic rings. The Morgan fingerprint density at radius 1 is 1.21 bits per heavy atom. The van der Waals surface area contributed by atoms with E-state index < -0.39 is 0 Å². The predicted octanol–water partition coefficient (Wildman–Crippen LogP) is 2.95. The minimum absolute atomic E-state index is 0.0683. The zero-order valence-corrected chi connectivity index (χ0v) is 13.2. The Hall–Kier alpha value is -0.570. The van der Waals surface area contributed by atoms with Crippen LogP contribution in [-0.4, -0.2) is 25.0 Å². The molecule has 1 rings (SSSR count). The summed E-state index contributed by atoms with van der Waals surface area (Å²) >= 11 is 0. The van der Waals surface area contributed by atoms with Crippen molar-refractivity contribution in [2.24, 2.45) is 17.8 Å². The number of rotatable bonds is 7. The summed E-state index contributed by atoms with van der Waals surface area (Å²) in [6.07, 6.45) is 6.45. The van der Waals surface area contributed by atoms with E-state index in [9.17, 15) is 4.79 Å². The fourth-order valence-electron chi connectivity index (χ4n) is 2.75. The van der Waals surface area contributed by atoms with Crippen molar-refractivity contribution in [3.05, 3.63) is 0 Å². The Morgan fingerprint density at radius 3 is 2.53 bits per heavy atom. The zero-order valence-electron chi connectivity index (χ0n) is 13.2. The standard InChI is InChI=1S/C16H32N2O/c1-12(2)9-10-17-16(19)14(4)18-11-15-8-6-5-7-13(15)3/h12-15,18H,5-11H2,1-4H3,(H,17,19). The smallest absolute Gasteiger partial charge is 0.236 e. The molecule has 0 saturated heterocycles. The van der Waals surface area contributed by atoms with Gasteiger partial charge in [-0.2, -0.15) is 0 Å². The third-order valence-corrected chi connectivity index (χ3v) is 4.39. The van der Waals surface area contributed by atoms with Gasteiger partial charge in [0.2, 0.25) is 5.91 Å². The van der Waals surface area contributed by atoms with E-state index in [0.717, 1.165) is 31.3 Å². The average Bonchev–Trinajstić information content (AvgIpc) is 2.36. The van der Waals surface area contributed by atoms with Crippen LogP contribution in [0.15, 0.2) is 0 Å². The van der Waals surface area contributed by atoms with Crippen LogP contribution in [0.25, 0.3) is 0 Å². The molecule has 3 unspecified atom stereocenters. The molecule has 3 nitrogen and oxygen atoms in total. The molecule has 1 amide bonds. The summed E-state index contributed by atoms with van der Waals surface area (Å²) in [5.74, 6) is 2.34. The normalized spacial score (nSPS) is 25.3. The van der Waals surface area contributed by atoms with E-state index in [2.05, 4.69) is 31.4 Å². The van der Waals surface area contributed by atoms with Gasteiger partial charge in [-0.05, 0) is 44.1 Å². The fourth-order valence-corrected chi connectivity index (χ4v) is 2.75. The van der Waals surface area contributed by atoms with Crippen LogP contribution in [0, 0.1) is 17.8 Å². The number of amides is 1. The summed E-state index contributed by atoms with van der Waals surface area (Å²) in [6.45, 7) is 10.5. The van der Waals surface area contributed by atoms with Gasteiger partial charge in [0.15, 0.2) is 0 Å². The molecule has 0 aromatic heterocycles. The van der Waals surface area contributed by atoms with E-state index in [-0.39, 0.29) is 11.9 Å². The van der Waals surface area contributed by atoms with Gasteiger partial charge in [0.1, 0.15) is 0 Å². The number of nitrogens with one attached hydrogen (secondary N) is 2. The first kappa shape index (κ1) is 16.5. The molecule has 112 valence electrons. The van der Waals surface area contributed by atoms with Gasteiger partial charge < -0.3 is 10.6 Å². The Kier molecular flexibility index (Phi) is 7.44. The van der Waals surface area contributed by atoms with Crippen LogP contribution in [0.1, 0.15) is 59.8 Å². The minimum Gasteiger partial charge on any atom is -0.355 e. The predicted molar refractivity (Wildman–Crippen MR) is 81.1 cm³/mol. The molecule has 0 aliphatic heterocycles. The molecule has 2 N–H and O–H groups in total. The molecule has 0 aromatic carbocycles. The van der Waals surface area contributed by atoms with Gasteiger partial charge in [0.05, 0.1) is 6.04 Å². The third-order valence-electron chi connectivity index (χ3n) is 4.39. The van der Waals surface area contributed by atoms with Gasteiger partial charge in [-0.15, -0.1) is 0 Å². The molecule has 0 spiro atoms. The van der Waals surface area contributed by atoms with Gasteiger partial charge in [0.25, 0.3) is 0 Å². The molecule has 0 bridgehead atoms. The van der Waals surface area contributed by atoms with Crippen molar-refractivity contribution in [1.82, 2.24) is 10.6 Å². The highest BCUT2D eigenvalue weighted by molar-refractivity contribution is 5.81. The first-order valence-corrected chi connectivity index (χ1v) is 8.01. The van der Waals surface area contributed by atoms with Gasteiger partial charge in [-0.25, -0.2) is 0 Å². The van der Waals surface area contributed by atoms with Gasteiger partial charge in [-0.1, -0.05) is 40.0 Å². The molecule has 3 atom stereocenters. The first-order chi connectivity index (χ1) is 9.00. The van der Waals surface area contributed by atoms with E-state index >= 15 is 0 Å². The molecule has 3 heteroatoms. The summed E-state index contributed by atoms with van der Waals surface area (Å²) < 4.78 is 0. The maximum absolute atomic E-state index is 11.9. The Balaban J connectivity index is 2.18. The van der Waals surface area contributed by atoms with E-state index in [1.165, 1.54) is 25.7 Å². The van der Waals surface area contributed by atoms with Crippen molar-refractivity contribution < 1.29 is 4.79 Å². The quantitative estimate of drug-likeness (QED) is 0.745. The van der Waals surface area contributed by atoms with E-state index in [1.807, 2.05) is 6.92 Å². The molecular weight excluding hydrogens is 236 g/mol. The number of carbonyl (C=O) groups is 1. The molecule has 0 radical (unpaired) electrons. The van der Waals surface area contributed by atoms with Crippen molar-refractivity contribution in [2.45, 2.75) is 65.8 Å². The molecule has 19 heavy (non-hydrogen) atoms. The van der Waals surface area contributed by atoms with Crippen LogP contribution in [-0.2, 0) is 4.79 Å². The van der Waals surface area contributed by atoms with Gasteiger partial charge in [-0.3, -0.25) is 4.79 Å². The van der Waals surface area contributed by atoms with Crippen molar-refractivity contribution in [2.75, 3.05) is 13.1 Å². The van der Waals surface area contributed by atoms with Crippen LogP contribution in [0.2, 0.25) is 0 Å². The maximum atomic E-state index is 11.9. The second-order valence-electron chi connectivity index (χ2n) is 6.63. The largest absolute Gasteiger partial charge is 0.355 e.